The fourth-order valence-corrected chi connectivity index (χ4v) is 1.23. The molecule has 1 heteroatoms. The molecule has 1 aromatic rings. The molecule has 0 radical (unpaired) electrons. The van der Waals surface area contributed by atoms with E-state index in [4.69, 9.17) is 5.73 Å². The monoisotopic (exact) mass is 175 g/mol. The van der Waals surface area contributed by atoms with Crippen LogP contribution in [0.25, 0.3) is 0 Å². The summed E-state index contributed by atoms with van der Waals surface area (Å²) in [5, 5.41) is 0. The highest BCUT2D eigenvalue weighted by molar-refractivity contribution is 5.26. The van der Waals surface area contributed by atoms with Gasteiger partial charge in [0.25, 0.3) is 0 Å². The highest BCUT2D eigenvalue weighted by Crippen LogP contribution is 2.22. The summed E-state index contributed by atoms with van der Waals surface area (Å²) < 4.78 is 0. The molecule has 0 aliphatic rings. The van der Waals surface area contributed by atoms with E-state index in [0.29, 0.717) is 5.92 Å². The first-order valence-electron chi connectivity index (χ1n) is 4.62. The Hall–Kier alpha value is -1.08. The van der Waals surface area contributed by atoms with Crippen molar-refractivity contribution < 1.29 is 0 Å². The maximum absolute atomic E-state index is 6.04. The van der Waals surface area contributed by atoms with E-state index in [2.05, 4.69) is 20.4 Å². The minimum Gasteiger partial charge on any atom is -0.321 e. The lowest BCUT2D eigenvalue weighted by atomic mass is 9.93. The molecule has 0 saturated heterocycles. The number of hydrogen-bond donors (Lipinski definition) is 1. The average molecular weight is 175 g/mol. The van der Waals surface area contributed by atoms with E-state index in [-0.39, 0.29) is 6.04 Å². The van der Waals surface area contributed by atoms with Crippen molar-refractivity contribution >= 4 is 0 Å². The fraction of sp³-hybridized carbons (Fsp3) is 0.333. The van der Waals surface area contributed by atoms with E-state index >= 15 is 0 Å². The molecule has 2 N–H and O–H groups in total. The summed E-state index contributed by atoms with van der Waals surface area (Å²) in [6.07, 6.45) is 0. The third-order valence-corrected chi connectivity index (χ3v) is 2.30. The molecule has 0 aliphatic heterocycles. The molecule has 1 aromatic carbocycles. The summed E-state index contributed by atoms with van der Waals surface area (Å²) in [5.41, 5.74) is 8.27. The van der Waals surface area contributed by atoms with Crippen molar-refractivity contribution in [3.8, 4) is 0 Å². The second kappa shape index (κ2) is 4.24. The number of benzene rings is 1. The molecule has 0 aliphatic carbocycles. The first kappa shape index (κ1) is 10.0. The van der Waals surface area contributed by atoms with Gasteiger partial charge < -0.3 is 5.73 Å². The second-order valence-corrected chi connectivity index (χ2v) is 3.62. The smallest absolute Gasteiger partial charge is 0.0510 e. The van der Waals surface area contributed by atoms with Crippen molar-refractivity contribution in [1.82, 2.24) is 0 Å². The van der Waals surface area contributed by atoms with Gasteiger partial charge in [-0.1, -0.05) is 56.3 Å². The normalized spacial score (nSPS) is 12.9. The molecule has 0 bridgehead atoms. The van der Waals surface area contributed by atoms with Gasteiger partial charge in [0.1, 0.15) is 0 Å². The van der Waals surface area contributed by atoms with Crippen molar-refractivity contribution in [1.29, 1.82) is 0 Å². The van der Waals surface area contributed by atoms with Gasteiger partial charge in [-0.3, -0.25) is 0 Å². The largest absolute Gasteiger partial charge is 0.321 e. The predicted molar refractivity (Wildman–Crippen MR) is 57.3 cm³/mol. The van der Waals surface area contributed by atoms with Gasteiger partial charge in [-0.25, -0.2) is 0 Å². The van der Waals surface area contributed by atoms with Crippen LogP contribution < -0.4 is 5.73 Å². The zero-order valence-corrected chi connectivity index (χ0v) is 8.33. The molecule has 70 valence electrons. The van der Waals surface area contributed by atoms with Crippen molar-refractivity contribution in [2.24, 2.45) is 11.7 Å². The third kappa shape index (κ3) is 2.43. The summed E-state index contributed by atoms with van der Waals surface area (Å²) in [7, 11) is 0. The summed E-state index contributed by atoms with van der Waals surface area (Å²) in [4.78, 5) is 0. The average Bonchev–Trinajstić information content (AvgIpc) is 2.17. The zero-order chi connectivity index (χ0) is 9.84. The number of hydrogen-bond acceptors (Lipinski definition) is 1. The molecule has 0 aromatic heterocycles. The van der Waals surface area contributed by atoms with E-state index in [1.54, 1.807) is 0 Å². The Morgan fingerprint density at radius 1 is 1.23 bits per heavy atom. The Labute approximate surface area is 80.3 Å². The third-order valence-electron chi connectivity index (χ3n) is 2.30. The highest BCUT2D eigenvalue weighted by Gasteiger charge is 2.11. The predicted octanol–water partition coefficient (Wildman–Crippen LogP) is 2.90. The quantitative estimate of drug-likeness (QED) is 0.702. The van der Waals surface area contributed by atoms with Crippen LogP contribution in [0.1, 0.15) is 25.5 Å². The van der Waals surface area contributed by atoms with Gasteiger partial charge in [-0.2, -0.15) is 0 Å². The first-order valence-corrected chi connectivity index (χ1v) is 4.62. The molecule has 0 unspecified atom stereocenters. The first-order chi connectivity index (χ1) is 6.13. The van der Waals surface area contributed by atoms with Gasteiger partial charge >= 0.3 is 0 Å². The van der Waals surface area contributed by atoms with Crippen molar-refractivity contribution in [3.05, 3.63) is 48.0 Å². The van der Waals surface area contributed by atoms with Gasteiger partial charge in [0.15, 0.2) is 0 Å². The van der Waals surface area contributed by atoms with Crippen LogP contribution >= 0.6 is 0 Å². The van der Waals surface area contributed by atoms with Crippen LogP contribution in [0.4, 0.5) is 0 Å². The van der Waals surface area contributed by atoms with Gasteiger partial charge in [0, 0.05) is 0 Å². The highest BCUT2D eigenvalue weighted by atomic mass is 14.6. The Balaban J connectivity index is 2.80. The van der Waals surface area contributed by atoms with Gasteiger partial charge in [0.2, 0.25) is 0 Å². The van der Waals surface area contributed by atoms with Crippen LogP contribution in [-0.4, -0.2) is 0 Å². The summed E-state index contributed by atoms with van der Waals surface area (Å²) >= 11 is 0. The molecular formula is C12H17N. The maximum Gasteiger partial charge on any atom is 0.0510 e. The fourth-order valence-electron chi connectivity index (χ4n) is 1.23. The molecule has 0 heterocycles. The standard InChI is InChI=1S/C12H17N/c1-9(2)10(3)12(13)11-7-5-4-6-8-11/h4-9,12H,3,13H2,1-2H3/t12-/m0/s1. The van der Waals surface area contributed by atoms with Crippen molar-refractivity contribution in [3.63, 3.8) is 0 Å². The van der Waals surface area contributed by atoms with Crippen molar-refractivity contribution in [2.45, 2.75) is 19.9 Å². The van der Waals surface area contributed by atoms with Crippen molar-refractivity contribution in [2.75, 3.05) is 0 Å². The van der Waals surface area contributed by atoms with Crippen LogP contribution in [0.3, 0.4) is 0 Å². The summed E-state index contributed by atoms with van der Waals surface area (Å²) in [5.74, 6) is 0.440. The van der Waals surface area contributed by atoms with Gasteiger partial charge in [-0.15, -0.1) is 0 Å². The van der Waals surface area contributed by atoms with Crippen LogP contribution in [0.5, 0.6) is 0 Å². The molecule has 1 nitrogen and oxygen atoms in total. The summed E-state index contributed by atoms with van der Waals surface area (Å²) in [6.45, 7) is 8.24. The van der Waals surface area contributed by atoms with E-state index < -0.39 is 0 Å². The lowest BCUT2D eigenvalue weighted by molar-refractivity contribution is 0.670. The molecule has 1 atom stereocenters. The lowest BCUT2D eigenvalue weighted by Crippen LogP contribution is -2.15. The number of rotatable bonds is 3. The van der Waals surface area contributed by atoms with E-state index in [0.717, 1.165) is 11.1 Å². The van der Waals surface area contributed by atoms with Crippen LogP contribution in [0.2, 0.25) is 0 Å². The van der Waals surface area contributed by atoms with Crippen LogP contribution in [0.15, 0.2) is 42.5 Å². The summed E-state index contributed by atoms with van der Waals surface area (Å²) in [6, 6.07) is 10.1. The second-order valence-electron chi connectivity index (χ2n) is 3.62. The van der Waals surface area contributed by atoms with Gasteiger partial charge in [0.05, 0.1) is 6.04 Å². The molecule has 0 saturated carbocycles. The lowest BCUT2D eigenvalue weighted by Gasteiger charge is -2.18. The Morgan fingerprint density at radius 2 is 1.77 bits per heavy atom. The minimum absolute atomic E-state index is 0.0267. The Bertz CT molecular complexity index is 274. The van der Waals surface area contributed by atoms with E-state index in [1.807, 2.05) is 30.3 Å². The Kier molecular flexibility index (Phi) is 3.26. The van der Waals surface area contributed by atoms with E-state index in [1.165, 1.54) is 0 Å². The maximum atomic E-state index is 6.04. The van der Waals surface area contributed by atoms with E-state index in [9.17, 15) is 0 Å². The molecular weight excluding hydrogens is 158 g/mol. The van der Waals surface area contributed by atoms with Gasteiger partial charge in [-0.05, 0) is 11.5 Å². The van der Waals surface area contributed by atoms with Crippen LogP contribution in [0, 0.1) is 5.92 Å². The SMILES string of the molecule is C=C(C(C)C)[C@H](N)c1ccccc1. The minimum atomic E-state index is -0.0267. The molecule has 13 heavy (non-hydrogen) atoms. The Morgan fingerprint density at radius 3 is 2.23 bits per heavy atom. The molecule has 0 spiro atoms. The molecule has 0 fully saturated rings. The molecule has 1 rings (SSSR count). The molecule has 0 amide bonds. The topological polar surface area (TPSA) is 26.0 Å². The number of nitrogens with two attached hydrogens (primary N) is 1. The van der Waals surface area contributed by atoms with Crippen LogP contribution in [-0.2, 0) is 0 Å². The zero-order valence-electron chi connectivity index (χ0n) is 8.33.